The van der Waals surface area contributed by atoms with E-state index in [1.807, 2.05) is 32.4 Å². The van der Waals surface area contributed by atoms with Crippen molar-refractivity contribution in [3.63, 3.8) is 0 Å². The molecule has 1 aliphatic heterocycles. The summed E-state index contributed by atoms with van der Waals surface area (Å²) in [6.45, 7) is 4.08. The molecule has 0 radical (unpaired) electrons. The molecule has 4 rings (SSSR count). The highest BCUT2D eigenvalue weighted by atomic mass is 16.2. The van der Waals surface area contributed by atoms with Gasteiger partial charge in [-0.2, -0.15) is 0 Å². The number of nitrogens with zero attached hydrogens (tertiary/aromatic N) is 2. The zero-order chi connectivity index (χ0) is 19.8. The maximum atomic E-state index is 12.0. The lowest BCUT2D eigenvalue weighted by atomic mass is 9.78. The summed E-state index contributed by atoms with van der Waals surface area (Å²) in [5.74, 6) is 0.641. The lowest BCUT2D eigenvalue weighted by Gasteiger charge is -2.33. The number of aromatic nitrogens is 1. The van der Waals surface area contributed by atoms with Crippen LogP contribution in [0.2, 0.25) is 0 Å². The maximum absolute atomic E-state index is 12.0. The highest BCUT2D eigenvalue weighted by Crippen LogP contribution is 2.40. The van der Waals surface area contributed by atoms with Crippen molar-refractivity contribution in [2.45, 2.75) is 52.0 Å². The van der Waals surface area contributed by atoms with Crippen molar-refractivity contribution < 1.29 is 9.59 Å². The molecule has 2 heterocycles. The standard InChI is InChI=1S/C23H27N3O2/c1-4-21(27)25-23-14(2)5-8-17-18(12-24-13-19(17)23)15-6-9-20-16(11-15)7-10-22(28)26(20)3/h6,9,11-14,23H,4-5,7-8,10H2,1-3H3,(H,25,27)/t14-,23-/m1/s1. The van der Waals surface area contributed by atoms with Gasteiger partial charge in [-0.05, 0) is 59.6 Å². The van der Waals surface area contributed by atoms with E-state index in [1.165, 1.54) is 11.1 Å². The van der Waals surface area contributed by atoms with Crippen LogP contribution in [0.3, 0.4) is 0 Å². The summed E-state index contributed by atoms with van der Waals surface area (Å²) in [5, 5.41) is 3.19. The number of carbonyl (C=O) groups excluding carboxylic acids is 2. The molecule has 5 nitrogen and oxygen atoms in total. The van der Waals surface area contributed by atoms with Crippen LogP contribution in [-0.4, -0.2) is 23.8 Å². The number of anilines is 1. The Hall–Kier alpha value is -2.69. The summed E-state index contributed by atoms with van der Waals surface area (Å²) in [7, 11) is 1.84. The van der Waals surface area contributed by atoms with Crippen LogP contribution >= 0.6 is 0 Å². The van der Waals surface area contributed by atoms with Crippen LogP contribution in [-0.2, 0) is 22.4 Å². The monoisotopic (exact) mass is 377 g/mol. The predicted octanol–water partition coefficient (Wildman–Crippen LogP) is 3.81. The van der Waals surface area contributed by atoms with Gasteiger partial charge in [0.1, 0.15) is 0 Å². The van der Waals surface area contributed by atoms with Gasteiger partial charge in [-0.15, -0.1) is 0 Å². The number of nitrogens with one attached hydrogen (secondary N) is 1. The largest absolute Gasteiger partial charge is 0.349 e. The van der Waals surface area contributed by atoms with Crippen LogP contribution in [0.25, 0.3) is 11.1 Å². The summed E-state index contributed by atoms with van der Waals surface area (Å²) in [6.07, 6.45) is 7.71. The van der Waals surface area contributed by atoms with E-state index in [-0.39, 0.29) is 17.9 Å². The van der Waals surface area contributed by atoms with Crippen molar-refractivity contribution >= 4 is 17.5 Å². The number of aryl methyl sites for hydroxylation is 1. The second kappa shape index (κ2) is 7.38. The van der Waals surface area contributed by atoms with Crippen LogP contribution in [0.4, 0.5) is 5.69 Å². The highest BCUT2D eigenvalue weighted by molar-refractivity contribution is 5.96. The Morgan fingerprint density at radius 1 is 1.25 bits per heavy atom. The first-order valence-corrected chi connectivity index (χ1v) is 10.2. The van der Waals surface area contributed by atoms with Crippen molar-refractivity contribution in [2.24, 2.45) is 5.92 Å². The fourth-order valence-electron chi connectivity index (χ4n) is 4.46. The minimum absolute atomic E-state index is 0.0185. The van der Waals surface area contributed by atoms with Gasteiger partial charge in [-0.25, -0.2) is 0 Å². The first-order valence-electron chi connectivity index (χ1n) is 10.2. The number of hydrogen-bond donors (Lipinski definition) is 1. The van der Waals surface area contributed by atoms with Crippen LogP contribution in [0, 0.1) is 5.92 Å². The molecule has 1 N–H and O–H groups in total. The molecule has 0 unspecified atom stereocenters. The van der Waals surface area contributed by atoms with E-state index in [1.54, 1.807) is 4.90 Å². The van der Waals surface area contributed by atoms with Crippen LogP contribution in [0.1, 0.15) is 55.8 Å². The molecule has 0 saturated heterocycles. The van der Waals surface area contributed by atoms with Crippen molar-refractivity contribution in [3.8, 4) is 11.1 Å². The molecule has 0 saturated carbocycles. The summed E-state index contributed by atoms with van der Waals surface area (Å²) in [4.78, 5) is 30.3. The van der Waals surface area contributed by atoms with Gasteiger partial charge in [0, 0.05) is 43.5 Å². The first-order chi connectivity index (χ1) is 13.5. The van der Waals surface area contributed by atoms with Crippen LogP contribution in [0.15, 0.2) is 30.6 Å². The van der Waals surface area contributed by atoms with Gasteiger partial charge in [-0.3, -0.25) is 14.6 Å². The van der Waals surface area contributed by atoms with E-state index in [4.69, 9.17) is 0 Å². The average Bonchev–Trinajstić information content (AvgIpc) is 2.72. The lowest BCUT2D eigenvalue weighted by Crippen LogP contribution is -2.35. The number of fused-ring (bicyclic) bond motifs is 2. The summed E-state index contributed by atoms with van der Waals surface area (Å²) < 4.78 is 0. The molecule has 1 aliphatic carbocycles. The number of hydrogen-bond acceptors (Lipinski definition) is 3. The zero-order valence-electron chi connectivity index (χ0n) is 16.8. The fourth-order valence-corrected chi connectivity index (χ4v) is 4.46. The number of pyridine rings is 1. The van der Waals surface area contributed by atoms with Crippen molar-refractivity contribution in [3.05, 3.63) is 47.3 Å². The molecule has 5 heteroatoms. The Balaban J connectivity index is 1.75. The Morgan fingerprint density at radius 2 is 2.07 bits per heavy atom. The molecule has 2 amide bonds. The molecule has 146 valence electrons. The summed E-state index contributed by atoms with van der Waals surface area (Å²) in [6, 6.07) is 6.35. The smallest absolute Gasteiger partial charge is 0.227 e. The predicted molar refractivity (Wildman–Crippen MR) is 110 cm³/mol. The average molecular weight is 377 g/mol. The second-order valence-electron chi connectivity index (χ2n) is 7.97. The molecule has 2 atom stereocenters. The molecule has 2 aliphatic rings. The van der Waals surface area contributed by atoms with E-state index in [0.29, 0.717) is 18.8 Å². The molecule has 1 aromatic carbocycles. The summed E-state index contributed by atoms with van der Waals surface area (Å²) >= 11 is 0. The second-order valence-corrected chi connectivity index (χ2v) is 7.97. The zero-order valence-corrected chi connectivity index (χ0v) is 16.8. The SMILES string of the molecule is CCC(=O)N[C@H]1c2cncc(-c3ccc4c(c3)CCC(=O)N4C)c2CC[C@H]1C. The number of amides is 2. The normalized spacial score (nSPS) is 21.1. The van der Waals surface area contributed by atoms with Gasteiger partial charge in [0.2, 0.25) is 11.8 Å². The molecule has 0 fully saturated rings. The Bertz CT molecular complexity index is 937. The molecular formula is C23H27N3O2. The number of benzene rings is 1. The van der Waals surface area contributed by atoms with Crippen LogP contribution < -0.4 is 10.2 Å². The Kier molecular flexibility index (Phi) is 4.92. The minimum Gasteiger partial charge on any atom is -0.349 e. The quantitative estimate of drug-likeness (QED) is 0.885. The number of rotatable bonds is 3. The fraction of sp³-hybridized carbons (Fsp3) is 0.435. The third kappa shape index (κ3) is 3.19. The molecular weight excluding hydrogens is 350 g/mol. The molecule has 0 bridgehead atoms. The highest BCUT2D eigenvalue weighted by Gasteiger charge is 2.30. The maximum Gasteiger partial charge on any atom is 0.227 e. The molecule has 2 aromatic rings. The van der Waals surface area contributed by atoms with E-state index >= 15 is 0 Å². The first kappa shape index (κ1) is 18.7. The van der Waals surface area contributed by atoms with Crippen molar-refractivity contribution in [1.29, 1.82) is 0 Å². The van der Waals surface area contributed by atoms with E-state index in [9.17, 15) is 9.59 Å². The van der Waals surface area contributed by atoms with Crippen molar-refractivity contribution in [2.75, 3.05) is 11.9 Å². The lowest BCUT2D eigenvalue weighted by molar-refractivity contribution is -0.122. The Labute approximate surface area is 166 Å². The number of carbonyl (C=O) groups is 2. The van der Waals surface area contributed by atoms with Crippen LogP contribution in [0.5, 0.6) is 0 Å². The third-order valence-electron chi connectivity index (χ3n) is 6.22. The molecule has 0 spiro atoms. The van der Waals surface area contributed by atoms with Gasteiger partial charge in [0.05, 0.1) is 6.04 Å². The minimum atomic E-state index is 0.0185. The van der Waals surface area contributed by atoms with Gasteiger partial charge >= 0.3 is 0 Å². The summed E-state index contributed by atoms with van der Waals surface area (Å²) in [5.41, 5.74) is 6.91. The van der Waals surface area contributed by atoms with E-state index in [2.05, 4.69) is 29.4 Å². The van der Waals surface area contributed by atoms with E-state index < -0.39 is 0 Å². The van der Waals surface area contributed by atoms with E-state index in [0.717, 1.165) is 41.6 Å². The molecule has 1 aromatic heterocycles. The Morgan fingerprint density at radius 3 is 2.86 bits per heavy atom. The van der Waals surface area contributed by atoms with Gasteiger partial charge in [0.25, 0.3) is 0 Å². The van der Waals surface area contributed by atoms with Gasteiger partial charge in [0.15, 0.2) is 0 Å². The van der Waals surface area contributed by atoms with Crippen molar-refractivity contribution in [1.82, 2.24) is 10.3 Å². The topological polar surface area (TPSA) is 62.3 Å². The molecule has 28 heavy (non-hydrogen) atoms. The third-order valence-corrected chi connectivity index (χ3v) is 6.22. The van der Waals surface area contributed by atoms with Gasteiger partial charge < -0.3 is 10.2 Å². The van der Waals surface area contributed by atoms with Gasteiger partial charge in [-0.1, -0.05) is 19.9 Å².